The fourth-order valence-electron chi connectivity index (χ4n) is 2.86. The second kappa shape index (κ2) is 10.4. The molecule has 0 saturated heterocycles. The van der Waals surface area contributed by atoms with Crippen LogP contribution in [0.15, 0.2) is 48.5 Å². The zero-order valence-corrected chi connectivity index (χ0v) is 16.6. The summed E-state index contributed by atoms with van der Waals surface area (Å²) in [7, 11) is 0. The van der Waals surface area contributed by atoms with Crippen molar-refractivity contribution in [1.82, 2.24) is 10.2 Å². The fourth-order valence-corrected chi connectivity index (χ4v) is 2.86. The molecule has 6 heteroatoms. The number of carbonyl (C=O) groups is 2. The molecule has 0 bridgehead atoms. The molecule has 2 aromatic rings. The summed E-state index contributed by atoms with van der Waals surface area (Å²) in [5, 5.41) is 2.79. The van der Waals surface area contributed by atoms with Gasteiger partial charge in [-0.3, -0.25) is 9.59 Å². The van der Waals surface area contributed by atoms with Gasteiger partial charge < -0.3 is 15.0 Å². The SMILES string of the molecule is CCNC(=O)C(CC)N(Cc1ccc(C)cc1)C(=O)COc1ccc(F)cc1. The van der Waals surface area contributed by atoms with Gasteiger partial charge in [-0.15, -0.1) is 0 Å². The summed E-state index contributed by atoms with van der Waals surface area (Å²) < 4.78 is 18.5. The van der Waals surface area contributed by atoms with Crippen molar-refractivity contribution in [3.63, 3.8) is 0 Å². The van der Waals surface area contributed by atoms with Crippen LogP contribution in [-0.4, -0.2) is 35.9 Å². The number of ether oxygens (including phenoxy) is 1. The van der Waals surface area contributed by atoms with E-state index in [9.17, 15) is 14.0 Å². The lowest BCUT2D eigenvalue weighted by Gasteiger charge is -2.30. The number of halogens is 1. The highest BCUT2D eigenvalue weighted by atomic mass is 19.1. The second-order valence-corrected chi connectivity index (χ2v) is 6.57. The van der Waals surface area contributed by atoms with Crippen molar-refractivity contribution < 1.29 is 18.7 Å². The molecule has 2 rings (SSSR count). The number of amides is 2. The smallest absolute Gasteiger partial charge is 0.261 e. The largest absolute Gasteiger partial charge is 0.484 e. The van der Waals surface area contributed by atoms with Crippen molar-refractivity contribution in [3.8, 4) is 5.75 Å². The number of nitrogens with zero attached hydrogens (tertiary/aromatic N) is 1. The highest BCUT2D eigenvalue weighted by Gasteiger charge is 2.28. The molecule has 0 aliphatic carbocycles. The van der Waals surface area contributed by atoms with Gasteiger partial charge in [-0.25, -0.2) is 4.39 Å². The summed E-state index contributed by atoms with van der Waals surface area (Å²) in [5.41, 5.74) is 2.06. The minimum absolute atomic E-state index is 0.188. The van der Waals surface area contributed by atoms with E-state index in [1.807, 2.05) is 45.0 Å². The van der Waals surface area contributed by atoms with Crippen LogP contribution in [0.25, 0.3) is 0 Å². The monoisotopic (exact) mass is 386 g/mol. The van der Waals surface area contributed by atoms with Crippen molar-refractivity contribution in [1.29, 1.82) is 0 Å². The minimum atomic E-state index is -0.592. The van der Waals surface area contributed by atoms with E-state index < -0.39 is 6.04 Å². The maximum absolute atomic E-state index is 13.0. The third kappa shape index (κ3) is 6.08. The lowest BCUT2D eigenvalue weighted by atomic mass is 10.1. The maximum Gasteiger partial charge on any atom is 0.261 e. The molecule has 1 unspecified atom stereocenters. The summed E-state index contributed by atoms with van der Waals surface area (Å²) in [5.74, 6) is -0.465. The first-order chi connectivity index (χ1) is 13.4. The summed E-state index contributed by atoms with van der Waals surface area (Å²) in [4.78, 5) is 26.9. The zero-order chi connectivity index (χ0) is 20.5. The van der Waals surface area contributed by atoms with E-state index in [1.54, 1.807) is 4.90 Å². The molecule has 0 aromatic heterocycles. The molecule has 5 nitrogen and oxygen atoms in total. The van der Waals surface area contributed by atoms with Gasteiger partial charge in [0.25, 0.3) is 5.91 Å². The summed E-state index contributed by atoms with van der Waals surface area (Å²) in [6.45, 7) is 6.28. The quantitative estimate of drug-likeness (QED) is 0.718. The van der Waals surface area contributed by atoms with Crippen LogP contribution in [-0.2, 0) is 16.1 Å². The molecule has 1 N–H and O–H groups in total. The molecule has 0 fully saturated rings. The van der Waals surface area contributed by atoms with Gasteiger partial charge in [0.05, 0.1) is 0 Å². The molecule has 0 aliphatic heterocycles. The van der Waals surface area contributed by atoms with Crippen LogP contribution in [0.3, 0.4) is 0 Å². The van der Waals surface area contributed by atoms with E-state index in [2.05, 4.69) is 5.32 Å². The topological polar surface area (TPSA) is 58.6 Å². The Hall–Kier alpha value is -2.89. The highest BCUT2D eigenvalue weighted by Crippen LogP contribution is 2.15. The van der Waals surface area contributed by atoms with Crippen molar-refractivity contribution in [2.24, 2.45) is 0 Å². The third-order valence-electron chi connectivity index (χ3n) is 4.39. The van der Waals surface area contributed by atoms with Crippen LogP contribution in [0.5, 0.6) is 5.75 Å². The standard InChI is InChI=1S/C22H27FN2O3/c1-4-20(22(27)24-5-2)25(14-17-8-6-16(3)7-9-17)21(26)15-28-19-12-10-18(23)11-13-19/h6-13,20H,4-5,14-15H2,1-3H3,(H,24,27). The van der Waals surface area contributed by atoms with Gasteiger partial charge in [0.1, 0.15) is 17.6 Å². The molecule has 0 saturated carbocycles. The molecule has 2 amide bonds. The number of likely N-dealkylation sites (N-methyl/N-ethyl adjacent to an activating group) is 1. The van der Waals surface area contributed by atoms with Crippen LogP contribution in [0.2, 0.25) is 0 Å². The van der Waals surface area contributed by atoms with E-state index in [-0.39, 0.29) is 24.2 Å². The van der Waals surface area contributed by atoms with E-state index in [0.29, 0.717) is 25.3 Å². The predicted molar refractivity (Wildman–Crippen MR) is 106 cm³/mol. The molecule has 0 spiro atoms. The van der Waals surface area contributed by atoms with Gasteiger partial charge in [0, 0.05) is 13.1 Å². The molecule has 28 heavy (non-hydrogen) atoms. The van der Waals surface area contributed by atoms with E-state index in [1.165, 1.54) is 24.3 Å². The third-order valence-corrected chi connectivity index (χ3v) is 4.39. The minimum Gasteiger partial charge on any atom is -0.484 e. The van der Waals surface area contributed by atoms with Crippen molar-refractivity contribution >= 4 is 11.8 Å². The molecule has 0 aliphatic rings. The molecule has 0 heterocycles. The number of aryl methyl sites for hydroxylation is 1. The number of carbonyl (C=O) groups excluding carboxylic acids is 2. The van der Waals surface area contributed by atoms with E-state index in [0.717, 1.165) is 11.1 Å². The van der Waals surface area contributed by atoms with Crippen LogP contribution in [0.1, 0.15) is 31.4 Å². The van der Waals surface area contributed by atoms with Gasteiger partial charge in [0.2, 0.25) is 5.91 Å². The van der Waals surface area contributed by atoms with Gasteiger partial charge in [-0.2, -0.15) is 0 Å². The lowest BCUT2D eigenvalue weighted by Crippen LogP contribution is -2.50. The zero-order valence-electron chi connectivity index (χ0n) is 16.6. The van der Waals surface area contributed by atoms with Gasteiger partial charge in [-0.05, 0) is 50.1 Å². The van der Waals surface area contributed by atoms with Crippen LogP contribution in [0.4, 0.5) is 4.39 Å². The van der Waals surface area contributed by atoms with E-state index in [4.69, 9.17) is 4.74 Å². The van der Waals surface area contributed by atoms with Crippen molar-refractivity contribution in [2.45, 2.75) is 39.8 Å². The Balaban J connectivity index is 2.16. The second-order valence-electron chi connectivity index (χ2n) is 6.57. The Labute approximate surface area is 165 Å². The van der Waals surface area contributed by atoms with Gasteiger partial charge >= 0.3 is 0 Å². The maximum atomic E-state index is 13.0. The summed E-state index contributed by atoms with van der Waals surface area (Å²) in [6, 6.07) is 12.7. The first-order valence-electron chi connectivity index (χ1n) is 9.45. The Morgan fingerprint density at radius 1 is 1.07 bits per heavy atom. The number of benzene rings is 2. The Kier molecular flexibility index (Phi) is 7.99. The first kappa shape index (κ1) is 21.4. The van der Waals surface area contributed by atoms with Crippen molar-refractivity contribution in [2.75, 3.05) is 13.2 Å². The average molecular weight is 386 g/mol. The highest BCUT2D eigenvalue weighted by molar-refractivity contribution is 5.88. The van der Waals surface area contributed by atoms with Crippen molar-refractivity contribution in [3.05, 3.63) is 65.5 Å². The summed E-state index contributed by atoms with van der Waals surface area (Å²) >= 11 is 0. The predicted octanol–water partition coefficient (Wildman–Crippen LogP) is 3.46. The Morgan fingerprint density at radius 3 is 2.29 bits per heavy atom. The number of rotatable bonds is 9. The average Bonchev–Trinajstić information content (AvgIpc) is 2.69. The molecule has 1 atom stereocenters. The summed E-state index contributed by atoms with van der Waals surface area (Å²) in [6.07, 6.45) is 0.486. The van der Waals surface area contributed by atoms with Crippen LogP contribution < -0.4 is 10.1 Å². The Morgan fingerprint density at radius 2 is 1.71 bits per heavy atom. The van der Waals surface area contributed by atoms with Crippen LogP contribution >= 0.6 is 0 Å². The fraction of sp³-hybridized carbons (Fsp3) is 0.364. The number of nitrogens with one attached hydrogen (secondary N) is 1. The van der Waals surface area contributed by atoms with Gasteiger partial charge in [-0.1, -0.05) is 36.8 Å². The molecular formula is C22H27FN2O3. The molecular weight excluding hydrogens is 359 g/mol. The van der Waals surface area contributed by atoms with Crippen LogP contribution in [0, 0.1) is 12.7 Å². The lowest BCUT2D eigenvalue weighted by molar-refractivity contribution is -0.142. The first-order valence-corrected chi connectivity index (χ1v) is 9.45. The molecule has 2 aromatic carbocycles. The number of hydrogen-bond donors (Lipinski definition) is 1. The Bertz CT molecular complexity index is 775. The van der Waals surface area contributed by atoms with E-state index >= 15 is 0 Å². The molecule has 0 radical (unpaired) electrons. The van der Waals surface area contributed by atoms with Gasteiger partial charge in [0.15, 0.2) is 6.61 Å². The number of hydrogen-bond acceptors (Lipinski definition) is 3. The normalized spacial score (nSPS) is 11.6. The molecule has 150 valence electrons.